The van der Waals surface area contributed by atoms with Gasteiger partial charge in [0.05, 0.1) is 24.3 Å². The minimum atomic E-state index is -0.328. The van der Waals surface area contributed by atoms with Gasteiger partial charge < -0.3 is 19.1 Å². The van der Waals surface area contributed by atoms with Crippen LogP contribution < -0.4 is 0 Å². The van der Waals surface area contributed by atoms with E-state index in [0.29, 0.717) is 59.3 Å². The lowest BCUT2D eigenvalue weighted by molar-refractivity contribution is -0.273. The van der Waals surface area contributed by atoms with Gasteiger partial charge in [0.1, 0.15) is 6.10 Å². The van der Waals surface area contributed by atoms with Gasteiger partial charge in [-0.15, -0.1) is 0 Å². The van der Waals surface area contributed by atoms with E-state index >= 15 is 0 Å². The Morgan fingerprint density at radius 3 is 2.43 bits per heavy atom. The smallest absolute Gasteiger partial charge is 0.410 e. The Morgan fingerprint density at radius 2 is 1.70 bits per heavy atom. The predicted octanol–water partition coefficient (Wildman–Crippen LogP) is 7.63. The van der Waals surface area contributed by atoms with Gasteiger partial charge in [0.15, 0.2) is 5.79 Å². The first-order valence-corrected chi connectivity index (χ1v) is 19.1. The summed E-state index contributed by atoms with van der Waals surface area (Å²) in [7, 11) is 0. The molecule has 3 heterocycles. The normalized spacial score (nSPS) is 46.2. The summed E-state index contributed by atoms with van der Waals surface area (Å²) in [5.74, 6) is 4.44. The number of nitriles is 1. The van der Waals surface area contributed by atoms with Crippen molar-refractivity contribution in [2.75, 3.05) is 32.8 Å². The summed E-state index contributed by atoms with van der Waals surface area (Å²) >= 11 is 0. The molecule has 1 spiro atoms. The fraction of sp³-hybridized carbons (Fsp3) is 0.800. The molecule has 7 fully saturated rings. The Bertz CT molecular complexity index is 1360. The molecule has 3 saturated heterocycles. The van der Waals surface area contributed by atoms with Crippen LogP contribution in [0.25, 0.3) is 0 Å². The number of amides is 1. The van der Waals surface area contributed by atoms with E-state index in [4.69, 9.17) is 19.5 Å². The Balaban J connectivity index is 0.853. The first kappa shape index (κ1) is 32.1. The van der Waals surface area contributed by atoms with E-state index in [1.807, 2.05) is 29.2 Å². The van der Waals surface area contributed by atoms with Gasteiger partial charge in [-0.1, -0.05) is 39.8 Å². The van der Waals surface area contributed by atoms with E-state index in [-0.39, 0.29) is 18.0 Å². The SMILES string of the molecule is C[C@H]1CC[C@@]2(OC1)O[C@H]1C[C@H]3[C@@H]4CC[C@@H]5C[C@@H](OC(=O)N6CCN(Cc7ccc(C#N)cc7)CC6)CC[C@]5(C)[C@H]4CC[C@]3(C)[C@H]1[C@@H]2C. The quantitative estimate of drug-likeness (QED) is 0.337. The van der Waals surface area contributed by atoms with Crippen molar-refractivity contribution in [2.45, 2.75) is 116 Å². The van der Waals surface area contributed by atoms with Crippen molar-refractivity contribution in [1.29, 1.82) is 5.26 Å². The molecule has 7 nitrogen and oxygen atoms in total. The lowest BCUT2D eigenvalue weighted by atomic mass is 9.44. The summed E-state index contributed by atoms with van der Waals surface area (Å²) in [6, 6.07) is 10.0. The molecule has 47 heavy (non-hydrogen) atoms. The van der Waals surface area contributed by atoms with Gasteiger partial charge in [0.25, 0.3) is 0 Å². The zero-order chi connectivity index (χ0) is 32.6. The van der Waals surface area contributed by atoms with Crippen molar-refractivity contribution < 1.29 is 19.0 Å². The molecule has 4 saturated carbocycles. The monoisotopic (exact) mass is 643 g/mol. The van der Waals surface area contributed by atoms with Crippen molar-refractivity contribution in [1.82, 2.24) is 9.80 Å². The molecule has 1 amide bonds. The second kappa shape index (κ2) is 12.0. The molecule has 7 heteroatoms. The van der Waals surface area contributed by atoms with Crippen molar-refractivity contribution >= 4 is 6.09 Å². The third-order valence-electron chi connectivity index (χ3n) is 15.3. The average Bonchev–Trinajstić information content (AvgIpc) is 3.52. The van der Waals surface area contributed by atoms with Crippen LogP contribution >= 0.6 is 0 Å². The Hall–Kier alpha value is -2.14. The third-order valence-corrected chi connectivity index (χ3v) is 15.3. The molecule has 12 atom stereocenters. The molecular formula is C40H57N3O4. The predicted molar refractivity (Wildman–Crippen MR) is 180 cm³/mol. The summed E-state index contributed by atoms with van der Waals surface area (Å²) in [5, 5.41) is 9.06. The molecule has 8 rings (SSSR count). The highest BCUT2D eigenvalue weighted by molar-refractivity contribution is 5.68. The molecule has 1 aromatic rings. The van der Waals surface area contributed by atoms with Gasteiger partial charge in [-0.3, -0.25) is 4.90 Å². The second-order valence-corrected chi connectivity index (χ2v) is 17.5. The number of ether oxygens (including phenoxy) is 3. The van der Waals surface area contributed by atoms with Gasteiger partial charge in [-0.05, 0) is 122 Å². The largest absolute Gasteiger partial charge is 0.446 e. The van der Waals surface area contributed by atoms with Gasteiger partial charge in [-0.25, -0.2) is 4.79 Å². The zero-order valence-corrected chi connectivity index (χ0v) is 29.3. The van der Waals surface area contributed by atoms with E-state index in [1.165, 1.54) is 50.5 Å². The van der Waals surface area contributed by atoms with E-state index < -0.39 is 0 Å². The van der Waals surface area contributed by atoms with Crippen molar-refractivity contribution in [2.24, 2.45) is 52.3 Å². The number of benzene rings is 1. The first-order valence-electron chi connectivity index (χ1n) is 19.1. The number of nitrogens with zero attached hydrogens (tertiary/aromatic N) is 3. The number of rotatable bonds is 3. The minimum Gasteiger partial charge on any atom is -0.446 e. The lowest BCUT2D eigenvalue weighted by Gasteiger charge is -2.61. The maximum absolute atomic E-state index is 13.3. The van der Waals surface area contributed by atoms with Crippen LogP contribution in [0.2, 0.25) is 0 Å². The van der Waals surface area contributed by atoms with Gasteiger partial charge in [0, 0.05) is 45.1 Å². The standard InChI is InChI=1S/C40H57N3O4/c1-26-11-16-40(45-25-26)27(2)36-35(47-40)22-34-32-10-9-30-21-31(12-14-38(30,3)33(32)13-15-39(34,36)4)46-37(44)43-19-17-42(18-20-43)24-29-7-5-28(23-41)6-8-29/h5-8,26-27,30-36H,9-22,24-25H2,1-4H3/t26-,27-,30+,31-,32+,33-,34-,35-,36-,38-,39-,40+/m0/s1. The molecule has 0 bridgehead atoms. The maximum atomic E-state index is 13.3. The number of carbonyl (C=O) groups is 1. The van der Waals surface area contributed by atoms with E-state index in [2.05, 4.69) is 38.7 Å². The highest BCUT2D eigenvalue weighted by atomic mass is 16.7. The maximum Gasteiger partial charge on any atom is 0.410 e. The molecular weight excluding hydrogens is 586 g/mol. The van der Waals surface area contributed by atoms with Crippen LogP contribution in [-0.4, -0.2) is 66.7 Å². The Kier molecular flexibility index (Phi) is 8.21. The summed E-state index contributed by atoms with van der Waals surface area (Å²) in [6.45, 7) is 14.8. The molecule has 0 radical (unpaired) electrons. The molecule has 7 aliphatic rings. The Labute approximate surface area is 282 Å². The minimum absolute atomic E-state index is 0.0529. The van der Waals surface area contributed by atoms with Crippen LogP contribution in [0.15, 0.2) is 24.3 Å². The van der Waals surface area contributed by atoms with Crippen molar-refractivity contribution in [3.8, 4) is 6.07 Å². The third kappa shape index (κ3) is 5.35. The highest BCUT2D eigenvalue weighted by Crippen LogP contribution is 2.71. The van der Waals surface area contributed by atoms with Crippen LogP contribution in [-0.2, 0) is 20.8 Å². The zero-order valence-electron chi connectivity index (χ0n) is 29.3. The second-order valence-electron chi connectivity index (χ2n) is 17.5. The summed E-state index contributed by atoms with van der Waals surface area (Å²) in [4.78, 5) is 17.6. The summed E-state index contributed by atoms with van der Waals surface area (Å²) < 4.78 is 19.8. The number of carbonyl (C=O) groups excluding carboxylic acids is 1. The molecule has 0 N–H and O–H groups in total. The van der Waals surface area contributed by atoms with Gasteiger partial charge >= 0.3 is 6.09 Å². The van der Waals surface area contributed by atoms with Crippen LogP contribution in [0.1, 0.15) is 103 Å². The summed E-state index contributed by atoms with van der Waals surface area (Å²) in [5.41, 5.74) is 2.62. The number of hydrogen-bond donors (Lipinski definition) is 0. The number of fused-ring (bicyclic) bond motifs is 7. The summed E-state index contributed by atoms with van der Waals surface area (Å²) in [6.07, 6.45) is 12.4. The molecule has 1 aromatic carbocycles. The fourth-order valence-electron chi connectivity index (χ4n) is 12.6. The number of piperazine rings is 1. The topological polar surface area (TPSA) is 75.0 Å². The fourth-order valence-corrected chi connectivity index (χ4v) is 12.6. The van der Waals surface area contributed by atoms with Crippen LogP contribution in [0.4, 0.5) is 4.79 Å². The molecule has 256 valence electrons. The molecule has 4 aliphatic carbocycles. The van der Waals surface area contributed by atoms with E-state index in [9.17, 15) is 4.79 Å². The molecule has 3 aliphatic heterocycles. The van der Waals surface area contributed by atoms with Crippen molar-refractivity contribution in [3.05, 3.63) is 35.4 Å². The molecule has 0 aromatic heterocycles. The number of hydrogen-bond acceptors (Lipinski definition) is 6. The first-order chi connectivity index (χ1) is 22.6. The molecule has 0 unspecified atom stereocenters. The Morgan fingerprint density at radius 1 is 0.936 bits per heavy atom. The average molecular weight is 644 g/mol. The van der Waals surface area contributed by atoms with Crippen molar-refractivity contribution in [3.63, 3.8) is 0 Å². The van der Waals surface area contributed by atoms with Gasteiger partial charge in [-0.2, -0.15) is 5.26 Å². The van der Waals surface area contributed by atoms with Gasteiger partial charge in [0.2, 0.25) is 0 Å². The lowest BCUT2D eigenvalue weighted by Crippen LogP contribution is -2.55. The van der Waals surface area contributed by atoms with E-state index in [1.54, 1.807) is 0 Å². The van der Waals surface area contributed by atoms with Crippen LogP contribution in [0.3, 0.4) is 0 Å². The van der Waals surface area contributed by atoms with Crippen LogP contribution in [0, 0.1) is 63.6 Å². The van der Waals surface area contributed by atoms with E-state index in [0.717, 1.165) is 63.3 Å². The van der Waals surface area contributed by atoms with Crippen LogP contribution in [0.5, 0.6) is 0 Å². The highest BCUT2D eigenvalue weighted by Gasteiger charge is 2.69.